The first-order valence-electron chi connectivity index (χ1n) is 5.26. The highest BCUT2D eigenvalue weighted by Gasteiger charge is 2.32. The molecule has 0 fully saturated rings. The van der Waals surface area contributed by atoms with Crippen LogP contribution in [0, 0.1) is 0 Å². The Kier molecular flexibility index (Phi) is 7.93. The average molecular weight is 300 g/mol. The van der Waals surface area contributed by atoms with E-state index in [9.17, 15) is 4.79 Å². The van der Waals surface area contributed by atoms with Crippen LogP contribution >= 0.6 is 34.8 Å². The average Bonchev–Trinajstić information content (AvgIpc) is 2.15. The van der Waals surface area contributed by atoms with Crippen LogP contribution in [0.15, 0.2) is 23.3 Å². The van der Waals surface area contributed by atoms with Crippen molar-refractivity contribution >= 4 is 40.8 Å². The minimum Gasteiger partial charge on any atom is -0.458 e. The Labute approximate surface area is 118 Å². The molecule has 0 aromatic heterocycles. The Morgan fingerprint density at radius 2 is 1.76 bits per heavy atom. The summed E-state index contributed by atoms with van der Waals surface area (Å²) in [5.74, 6) is -0.851. The maximum atomic E-state index is 11.1. The number of ether oxygens (including phenoxy) is 1. The summed E-state index contributed by atoms with van der Waals surface area (Å²) < 4.78 is 2.78. The summed E-state index contributed by atoms with van der Waals surface area (Å²) in [7, 11) is 0. The highest BCUT2D eigenvalue weighted by atomic mass is 35.6. The topological polar surface area (TPSA) is 26.3 Å². The Hall–Kier alpha value is -0.180. The molecule has 0 heterocycles. The van der Waals surface area contributed by atoms with Gasteiger partial charge in [0.25, 0.3) is 3.79 Å². The number of halogens is 3. The van der Waals surface area contributed by atoms with E-state index >= 15 is 0 Å². The largest absolute Gasteiger partial charge is 0.458 e. The van der Waals surface area contributed by atoms with Crippen molar-refractivity contribution in [2.24, 2.45) is 0 Å². The lowest BCUT2D eigenvalue weighted by Gasteiger charge is -2.09. The van der Waals surface area contributed by atoms with Crippen molar-refractivity contribution in [2.75, 3.05) is 6.61 Å². The van der Waals surface area contributed by atoms with Crippen molar-refractivity contribution < 1.29 is 9.53 Å². The number of hydrogen-bond acceptors (Lipinski definition) is 2. The number of carbonyl (C=O) groups excluding carboxylic acids is 1. The number of allylic oxidation sites excluding steroid dienone is 3. The molecule has 0 amide bonds. The third kappa shape index (κ3) is 9.51. The summed E-state index contributed by atoms with van der Waals surface area (Å²) in [6.45, 7) is 6.22. The first-order chi connectivity index (χ1) is 7.73. The van der Waals surface area contributed by atoms with Crippen molar-refractivity contribution in [1.82, 2.24) is 0 Å². The summed E-state index contributed by atoms with van der Waals surface area (Å²) in [5.41, 5.74) is 2.43. The molecule has 17 heavy (non-hydrogen) atoms. The Bertz CT molecular complexity index is 310. The fourth-order valence-corrected chi connectivity index (χ4v) is 1.20. The van der Waals surface area contributed by atoms with E-state index in [-0.39, 0.29) is 6.61 Å². The van der Waals surface area contributed by atoms with Crippen LogP contribution in [0.3, 0.4) is 0 Å². The maximum Gasteiger partial charge on any atom is 0.358 e. The molecule has 0 aliphatic rings. The lowest BCUT2D eigenvalue weighted by molar-refractivity contribution is -0.141. The van der Waals surface area contributed by atoms with Gasteiger partial charge in [0, 0.05) is 0 Å². The molecule has 0 saturated carbocycles. The first kappa shape index (κ1) is 16.8. The van der Waals surface area contributed by atoms with Gasteiger partial charge in [-0.05, 0) is 39.7 Å². The van der Waals surface area contributed by atoms with Gasteiger partial charge >= 0.3 is 5.97 Å². The van der Waals surface area contributed by atoms with Gasteiger partial charge in [-0.15, -0.1) is 0 Å². The predicted molar refractivity (Wildman–Crippen MR) is 73.7 cm³/mol. The number of carbonyl (C=O) groups is 1. The standard InChI is InChI=1S/C12H17Cl3O2/c1-9(2)5-4-6-10(3)7-8-17-11(16)12(13,14)15/h5,7H,4,6,8H2,1-3H3/b10-7+. The zero-order valence-electron chi connectivity index (χ0n) is 10.2. The van der Waals surface area contributed by atoms with Crippen molar-refractivity contribution in [2.45, 2.75) is 37.4 Å². The SMILES string of the molecule is CC(C)=CCC/C(C)=C/COC(=O)C(Cl)(Cl)Cl. The van der Waals surface area contributed by atoms with E-state index in [1.165, 1.54) is 5.57 Å². The molecule has 2 nitrogen and oxygen atoms in total. The van der Waals surface area contributed by atoms with Gasteiger partial charge in [0.1, 0.15) is 6.61 Å². The van der Waals surface area contributed by atoms with Crippen LogP contribution in [0.4, 0.5) is 0 Å². The Morgan fingerprint density at radius 3 is 2.24 bits per heavy atom. The number of esters is 1. The summed E-state index contributed by atoms with van der Waals surface area (Å²) in [4.78, 5) is 11.1. The summed E-state index contributed by atoms with van der Waals surface area (Å²) in [5, 5.41) is 0. The van der Waals surface area contributed by atoms with E-state index < -0.39 is 9.76 Å². The summed E-state index contributed by atoms with van der Waals surface area (Å²) in [6, 6.07) is 0. The molecular weight excluding hydrogens is 282 g/mol. The molecule has 0 N–H and O–H groups in total. The Balaban J connectivity index is 3.93. The molecule has 0 bridgehead atoms. The van der Waals surface area contributed by atoms with E-state index in [1.54, 1.807) is 0 Å². The molecule has 0 rings (SSSR count). The van der Waals surface area contributed by atoms with E-state index in [0.29, 0.717) is 0 Å². The van der Waals surface area contributed by atoms with Gasteiger partial charge in [0.15, 0.2) is 0 Å². The highest BCUT2D eigenvalue weighted by Crippen LogP contribution is 2.27. The minimum atomic E-state index is -2.00. The van der Waals surface area contributed by atoms with Crippen molar-refractivity contribution in [1.29, 1.82) is 0 Å². The van der Waals surface area contributed by atoms with Crippen LogP contribution in [-0.2, 0) is 9.53 Å². The highest BCUT2D eigenvalue weighted by molar-refractivity contribution is 6.75. The predicted octanol–water partition coefficient (Wildman–Crippen LogP) is 4.59. The van der Waals surface area contributed by atoms with Crippen LogP contribution < -0.4 is 0 Å². The summed E-state index contributed by atoms with van der Waals surface area (Å²) in [6.07, 6.45) is 5.87. The summed E-state index contributed by atoms with van der Waals surface area (Å²) >= 11 is 16.0. The third-order valence-electron chi connectivity index (χ3n) is 1.97. The monoisotopic (exact) mass is 298 g/mol. The van der Waals surface area contributed by atoms with Gasteiger partial charge in [-0.3, -0.25) is 0 Å². The molecule has 0 radical (unpaired) electrons. The second kappa shape index (κ2) is 8.02. The van der Waals surface area contributed by atoms with Gasteiger partial charge in [0.2, 0.25) is 0 Å². The van der Waals surface area contributed by atoms with Crippen LogP contribution in [0.25, 0.3) is 0 Å². The smallest absolute Gasteiger partial charge is 0.358 e. The molecule has 0 spiro atoms. The van der Waals surface area contributed by atoms with Gasteiger partial charge in [-0.2, -0.15) is 0 Å². The molecule has 0 atom stereocenters. The molecule has 0 aromatic carbocycles. The third-order valence-corrected chi connectivity index (χ3v) is 2.43. The first-order valence-corrected chi connectivity index (χ1v) is 6.40. The van der Waals surface area contributed by atoms with Crippen LogP contribution in [0.2, 0.25) is 0 Å². The van der Waals surface area contributed by atoms with Gasteiger partial charge in [0.05, 0.1) is 0 Å². The molecule has 0 aromatic rings. The van der Waals surface area contributed by atoms with Crippen LogP contribution in [0.5, 0.6) is 0 Å². The van der Waals surface area contributed by atoms with E-state index in [0.717, 1.165) is 18.4 Å². The van der Waals surface area contributed by atoms with Crippen molar-refractivity contribution in [3.05, 3.63) is 23.3 Å². The quantitative estimate of drug-likeness (QED) is 0.421. The molecule has 0 aliphatic carbocycles. The molecule has 0 unspecified atom stereocenters. The fourth-order valence-electron chi connectivity index (χ4n) is 1.03. The lowest BCUT2D eigenvalue weighted by Crippen LogP contribution is -2.21. The van der Waals surface area contributed by atoms with Crippen molar-refractivity contribution in [3.63, 3.8) is 0 Å². The number of alkyl halides is 3. The second-order valence-corrected chi connectivity index (χ2v) is 6.25. The Morgan fingerprint density at radius 1 is 1.18 bits per heavy atom. The zero-order valence-corrected chi connectivity index (χ0v) is 12.5. The molecular formula is C12H17Cl3O2. The molecule has 98 valence electrons. The van der Waals surface area contributed by atoms with Gasteiger partial charge < -0.3 is 4.74 Å². The fraction of sp³-hybridized carbons (Fsp3) is 0.583. The molecule has 0 saturated heterocycles. The normalized spacial score (nSPS) is 12.2. The number of hydrogen-bond donors (Lipinski definition) is 0. The lowest BCUT2D eigenvalue weighted by atomic mass is 10.1. The van der Waals surface area contributed by atoms with Crippen molar-refractivity contribution in [3.8, 4) is 0 Å². The van der Waals surface area contributed by atoms with Gasteiger partial charge in [-0.1, -0.05) is 52.0 Å². The second-order valence-electron chi connectivity index (χ2n) is 3.97. The minimum absolute atomic E-state index is 0.132. The van der Waals surface area contributed by atoms with Crippen LogP contribution in [0.1, 0.15) is 33.6 Å². The van der Waals surface area contributed by atoms with Gasteiger partial charge in [-0.25, -0.2) is 4.79 Å². The van der Waals surface area contributed by atoms with E-state index in [4.69, 9.17) is 39.5 Å². The van der Waals surface area contributed by atoms with Crippen LogP contribution in [-0.4, -0.2) is 16.4 Å². The molecule has 5 heteroatoms. The van der Waals surface area contributed by atoms with E-state index in [1.807, 2.05) is 13.0 Å². The number of rotatable bonds is 5. The maximum absolute atomic E-state index is 11.1. The molecule has 0 aliphatic heterocycles. The van der Waals surface area contributed by atoms with E-state index in [2.05, 4.69) is 19.9 Å². The zero-order chi connectivity index (χ0) is 13.5.